The van der Waals surface area contributed by atoms with Crippen molar-refractivity contribution in [3.8, 4) is 11.5 Å². The van der Waals surface area contributed by atoms with Crippen molar-refractivity contribution >= 4 is 12.0 Å². The van der Waals surface area contributed by atoms with E-state index in [4.69, 9.17) is 14.2 Å². The summed E-state index contributed by atoms with van der Waals surface area (Å²) in [6.07, 6.45) is 2.62. The maximum atomic E-state index is 13.6. The number of ether oxygens (including phenoxy) is 3. The Morgan fingerprint density at radius 1 is 1.13 bits per heavy atom. The molecule has 0 bridgehead atoms. The van der Waals surface area contributed by atoms with E-state index in [1.807, 2.05) is 19.9 Å². The smallest absolute Gasteiger partial charge is 0.408 e. The minimum Gasteiger partial charge on any atom is -0.497 e. The molecule has 0 aliphatic rings. The van der Waals surface area contributed by atoms with Gasteiger partial charge in [0.1, 0.15) is 23.1 Å². The van der Waals surface area contributed by atoms with Gasteiger partial charge in [-0.2, -0.15) is 0 Å². The van der Waals surface area contributed by atoms with E-state index in [9.17, 15) is 9.59 Å². The fourth-order valence-corrected chi connectivity index (χ4v) is 2.87. The maximum absolute atomic E-state index is 13.6. The van der Waals surface area contributed by atoms with Gasteiger partial charge in [-0.1, -0.05) is 26.0 Å². The summed E-state index contributed by atoms with van der Waals surface area (Å²) in [5.41, 5.74) is -0.615. The lowest BCUT2D eigenvalue weighted by Crippen LogP contribution is -2.55. The number of methoxy groups -OCH3 is 2. The van der Waals surface area contributed by atoms with E-state index in [1.165, 1.54) is 0 Å². The molecule has 1 N–H and O–H groups in total. The minimum atomic E-state index is -0.885. The molecule has 0 aromatic heterocycles. The third-order valence-corrected chi connectivity index (χ3v) is 4.69. The molecule has 1 atom stereocenters. The molecular weight excluding hydrogens is 396 g/mol. The van der Waals surface area contributed by atoms with Crippen molar-refractivity contribution in [3.05, 3.63) is 49.1 Å². The highest BCUT2D eigenvalue weighted by atomic mass is 16.6. The van der Waals surface area contributed by atoms with Gasteiger partial charge in [-0.05, 0) is 32.9 Å². The van der Waals surface area contributed by atoms with Crippen molar-refractivity contribution in [2.24, 2.45) is 5.41 Å². The Kier molecular flexibility index (Phi) is 9.16. The highest BCUT2D eigenvalue weighted by Crippen LogP contribution is 2.28. The molecule has 31 heavy (non-hydrogen) atoms. The summed E-state index contributed by atoms with van der Waals surface area (Å²) in [6, 6.07) is 4.52. The molecule has 1 unspecified atom stereocenters. The predicted octanol–water partition coefficient (Wildman–Crippen LogP) is 4.32. The van der Waals surface area contributed by atoms with Crippen LogP contribution in [0.5, 0.6) is 11.5 Å². The lowest BCUT2D eigenvalue weighted by atomic mass is 9.83. The van der Waals surface area contributed by atoms with Gasteiger partial charge in [-0.3, -0.25) is 4.79 Å². The van der Waals surface area contributed by atoms with Gasteiger partial charge in [-0.25, -0.2) is 4.79 Å². The number of hydrogen-bond acceptors (Lipinski definition) is 5. The Morgan fingerprint density at radius 2 is 1.77 bits per heavy atom. The molecule has 0 aliphatic heterocycles. The van der Waals surface area contributed by atoms with E-state index in [0.717, 1.165) is 5.56 Å². The highest BCUT2D eigenvalue weighted by Gasteiger charge is 2.38. The van der Waals surface area contributed by atoms with Gasteiger partial charge in [0.25, 0.3) is 0 Å². The molecule has 0 radical (unpaired) electrons. The highest BCUT2D eigenvalue weighted by molar-refractivity contribution is 5.87. The fourth-order valence-electron chi connectivity index (χ4n) is 2.87. The molecule has 172 valence electrons. The van der Waals surface area contributed by atoms with E-state index in [1.54, 1.807) is 64.2 Å². The number of benzene rings is 1. The second-order valence-electron chi connectivity index (χ2n) is 8.79. The number of amides is 2. The molecule has 1 aromatic rings. The molecule has 1 rings (SSSR count). The number of carbonyl (C=O) groups excluding carboxylic acids is 2. The Balaban J connectivity index is 3.24. The van der Waals surface area contributed by atoms with E-state index in [0.29, 0.717) is 11.5 Å². The SMILES string of the molecule is C=CCN(Cc1ccc(OC)cc1OC)C(=O)C(NC(=O)OC(C)(C)C)C(C)(C)C=C. The van der Waals surface area contributed by atoms with Crippen LogP contribution in [-0.4, -0.2) is 49.3 Å². The van der Waals surface area contributed by atoms with Gasteiger partial charge in [0, 0.05) is 30.1 Å². The van der Waals surface area contributed by atoms with E-state index < -0.39 is 23.2 Å². The van der Waals surface area contributed by atoms with Crippen LogP contribution in [0, 0.1) is 5.41 Å². The van der Waals surface area contributed by atoms with Crippen molar-refractivity contribution in [1.82, 2.24) is 10.2 Å². The van der Waals surface area contributed by atoms with Crippen LogP contribution in [0.1, 0.15) is 40.2 Å². The van der Waals surface area contributed by atoms with Crippen LogP contribution in [0.15, 0.2) is 43.5 Å². The van der Waals surface area contributed by atoms with Gasteiger partial charge in [0.15, 0.2) is 0 Å². The predicted molar refractivity (Wildman–Crippen MR) is 122 cm³/mol. The van der Waals surface area contributed by atoms with Crippen LogP contribution < -0.4 is 14.8 Å². The fraction of sp³-hybridized carbons (Fsp3) is 0.500. The maximum Gasteiger partial charge on any atom is 0.408 e. The summed E-state index contributed by atoms with van der Waals surface area (Å²) in [6.45, 7) is 17.1. The van der Waals surface area contributed by atoms with Crippen molar-refractivity contribution < 1.29 is 23.8 Å². The summed E-state index contributed by atoms with van der Waals surface area (Å²) in [4.78, 5) is 27.6. The number of rotatable bonds is 10. The van der Waals surface area contributed by atoms with Crippen molar-refractivity contribution in [3.63, 3.8) is 0 Å². The molecule has 0 heterocycles. The van der Waals surface area contributed by atoms with Gasteiger partial charge < -0.3 is 24.4 Å². The molecule has 0 saturated heterocycles. The van der Waals surface area contributed by atoms with Crippen LogP contribution in [0.4, 0.5) is 4.79 Å². The average molecular weight is 433 g/mol. The molecule has 0 saturated carbocycles. The molecule has 7 nitrogen and oxygen atoms in total. The second-order valence-corrected chi connectivity index (χ2v) is 8.79. The number of nitrogens with one attached hydrogen (secondary N) is 1. The normalized spacial score (nSPS) is 12.4. The molecule has 2 amide bonds. The van der Waals surface area contributed by atoms with E-state index in [-0.39, 0.29) is 19.0 Å². The van der Waals surface area contributed by atoms with Crippen LogP contribution in [-0.2, 0) is 16.1 Å². The number of alkyl carbamates (subject to hydrolysis) is 1. The second kappa shape index (κ2) is 10.9. The topological polar surface area (TPSA) is 77.1 Å². The third-order valence-electron chi connectivity index (χ3n) is 4.69. The lowest BCUT2D eigenvalue weighted by molar-refractivity contribution is -0.135. The van der Waals surface area contributed by atoms with E-state index >= 15 is 0 Å². The Morgan fingerprint density at radius 3 is 2.26 bits per heavy atom. The summed E-state index contributed by atoms with van der Waals surface area (Å²) in [5, 5.41) is 2.73. The first-order chi connectivity index (χ1) is 14.4. The van der Waals surface area contributed by atoms with Crippen molar-refractivity contribution in [1.29, 1.82) is 0 Å². The summed E-state index contributed by atoms with van der Waals surface area (Å²) < 4.78 is 16.1. The van der Waals surface area contributed by atoms with Gasteiger partial charge in [-0.15, -0.1) is 13.2 Å². The van der Waals surface area contributed by atoms with Gasteiger partial charge in [0.05, 0.1) is 14.2 Å². The summed E-state index contributed by atoms with van der Waals surface area (Å²) in [7, 11) is 3.14. The molecule has 0 aliphatic carbocycles. The zero-order valence-corrected chi connectivity index (χ0v) is 19.8. The zero-order valence-electron chi connectivity index (χ0n) is 19.8. The van der Waals surface area contributed by atoms with Crippen LogP contribution >= 0.6 is 0 Å². The average Bonchev–Trinajstić information content (AvgIpc) is 2.69. The zero-order chi connectivity index (χ0) is 23.8. The quantitative estimate of drug-likeness (QED) is 0.557. The minimum absolute atomic E-state index is 0.262. The molecule has 7 heteroatoms. The van der Waals surface area contributed by atoms with E-state index in [2.05, 4.69) is 18.5 Å². The molecule has 0 fully saturated rings. The van der Waals surface area contributed by atoms with Crippen molar-refractivity contribution in [2.75, 3.05) is 20.8 Å². The molecular formula is C24H36N2O5. The first-order valence-electron chi connectivity index (χ1n) is 10.1. The first kappa shape index (κ1) is 26.1. The Hall–Kier alpha value is -2.96. The monoisotopic (exact) mass is 432 g/mol. The summed E-state index contributed by atoms with van der Waals surface area (Å²) >= 11 is 0. The Labute approximate surface area is 186 Å². The van der Waals surface area contributed by atoms with Crippen LogP contribution in [0.3, 0.4) is 0 Å². The van der Waals surface area contributed by atoms with Crippen LogP contribution in [0.25, 0.3) is 0 Å². The Bertz CT molecular complexity index is 796. The standard InChI is InChI=1S/C24H36N2O5/c1-10-14-26(16-17-12-13-18(29-8)15-19(17)30-9)21(27)20(24(6,7)11-2)25-22(28)31-23(3,4)5/h10-13,15,20H,1-2,14,16H2,3-9H3,(H,25,28). The number of nitrogens with zero attached hydrogens (tertiary/aromatic N) is 1. The van der Waals surface area contributed by atoms with Crippen LogP contribution in [0.2, 0.25) is 0 Å². The summed E-state index contributed by atoms with van der Waals surface area (Å²) in [5.74, 6) is 0.967. The van der Waals surface area contributed by atoms with Gasteiger partial charge >= 0.3 is 6.09 Å². The molecule has 1 aromatic carbocycles. The largest absolute Gasteiger partial charge is 0.497 e. The first-order valence-corrected chi connectivity index (χ1v) is 10.1. The van der Waals surface area contributed by atoms with Gasteiger partial charge in [0.2, 0.25) is 5.91 Å². The molecule has 0 spiro atoms. The number of carbonyl (C=O) groups is 2. The third kappa shape index (κ3) is 7.66. The lowest BCUT2D eigenvalue weighted by Gasteiger charge is -2.35. The number of hydrogen-bond donors (Lipinski definition) is 1. The van der Waals surface area contributed by atoms with Crippen molar-refractivity contribution in [2.45, 2.75) is 52.8 Å².